The van der Waals surface area contributed by atoms with Crippen molar-refractivity contribution in [3.8, 4) is 0 Å². The molecule has 2 aromatic rings. The first-order chi connectivity index (χ1) is 9.66. The summed E-state index contributed by atoms with van der Waals surface area (Å²) in [5, 5.41) is 0.246. The molecule has 1 aromatic carbocycles. The third kappa shape index (κ3) is 4.32. The van der Waals surface area contributed by atoms with Gasteiger partial charge in [0.25, 0.3) is 0 Å². The Kier molecular flexibility index (Phi) is 5.56. The molecule has 0 fully saturated rings. The van der Waals surface area contributed by atoms with E-state index >= 15 is 0 Å². The smallest absolute Gasteiger partial charge is 0.155 e. The zero-order chi connectivity index (χ0) is 14.4. The first kappa shape index (κ1) is 15.0. The average molecular weight is 290 g/mol. The fraction of sp³-hybridized carbons (Fsp3) is 0.312. The molecule has 1 unspecified atom stereocenters. The van der Waals surface area contributed by atoms with E-state index in [0.717, 1.165) is 13.0 Å². The van der Waals surface area contributed by atoms with Gasteiger partial charge in [0, 0.05) is 16.3 Å². The van der Waals surface area contributed by atoms with E-state index in [9.17, 15) is 4.39 Å². The van der Waals surface area contributed by atoms with Gasteiger partial charge in [-0.1, -0.05) is 30.3 Å². The Balaban J connectivity index is 2.16. The molecule has 0 bridgehead atoms. The predicted molar refractivity (Wildman–Crippen MR) is 82.4 cm³/mol. The van der Waals surface area contributed by atoms with Crippen LogP contribution >= 0.6 is 11.8 Å². The van der Waals surface area contributed by atoms with E-state index in [2.05, 4.69) is 36.1 Å². The second-order valence-electron chi connectivity index (χ2n) is 4.92. The molecule has 0 radical (unpaired) electrons. The lowest BCUT2D eigenvalue weighted by atomic mass is 10.1. The van der Waals surface area contributed by atoms with Crippen LogP contribution in [0.25, 0.3) is 0 Å². The highest BCUT2D eigenvalue weighted by atomic mass is 32.2. The average Bonchev–Trinajstić information content (AvgIpc) is 2.46. The van der Waals surface area contributed by atoms with Crippen LogP contribution in [0.1, 0.15) is 17.2 Å². The van der Waals surface area contributed by atoms with Gasteiger partial charge in [-0.2, -0.15) is 0 Å². The number of rotatable bonds is 6. The normalized spacial score (nSPS) is 12.6. The second-order valence-corrected chi connectivity index (χ2v) is 6.16. The van der Waals surface area contributed by atoms with Gasteiger partial charge in [-0.05, 0) is 38.7 Å². The molecule has 0 spiro atoms. The zero-order valence-corrected chi connectivity index (χ0v) is 12.6. The summed E-state index contributed by atoms with van der Waals surface area (Å²) in [6.45, 7) is 0.971. The van der Waals surface area contributed by atoms with Crippen molar-refractivity contribution < 1.29 is 4.39 Å². The number of aromatic nitrogens is 1. The second kappa shape index (κ2) is 7.41. The first-order valence-corrected chi connectivity index (χ1v) is 7.50. The number of nitrogens with zero attached hydrogens (tertiary/aromatic N) is 2. The summed E-state index contributed by atoms with van der Waals surface area (Å²) >= 11 is 1.57. The molecule has 0 saturated heterocycles. The molecule has 0 N–H and O–H groups in total. The summed E-state index contributed by atoms with van der Waals surface area (Å²) in [6, 6.07) is 12.0. The van der Waals surface area contributed by atoms with Crippen molar-refractivity contribution >= 4 is 11.8 Å². The minimum atomic E-state index is -0.247. The van der Waals surface area contributed by atoms with Gasteiger partial charge < -0.3 is 4.90 Å². The van der Waals surface area contributed by atoms with Crippen LogP contribution in [-0.2, 0) is 0 Å². The third-order valence-electron chi connectivity index (χ3n) is 3.01. The zero-order valence-electron chi connectivity index (χ0n) is 11.8. The summed E-state index contributed by atoms with van der Waals surface area (Å²) in [6.07, 6.45) is 3.89. The molecule has 0 aliphatic heterocycles. The molecule has 0 aliphatic rings. The van der Waals surface area contributed by atoms with Crippen molar-refractivity contribution in [1.82, 2.24) is 9.88 Å². The Labute approximate surface area is 124 Å². The first-order valence-electron chi connectivity index (χ1n) is 6.62. The quantitative estimate of drug-likeness (QED) is 0.748. The lowest BCUT2D eigenvalue weighted by Gasteiger charge is -2.19. The standard InChI is InChI=1S/C16H19FN2S/c1-19(2)11-9-15(13-6-4-3-5-7-13)20-16-8-10-18-12-14(16)17/h3-8,10,12,15H,9,11H2,1-2H3. The van der Waals surface area contributed by atoms with Crippen molar-refractivity contribution in [3.05, 3.63) is 60.2 Å². The van der Waals surface area contributed by atoms with Crippen molar-refractivity contribution in [2.75, 3.05) is 20.6 Å². The highest BCUT2D eigenvalue weighted by Crippen LogP contribution is 2.38. The van der Waals surface area contributed by atoms with Crippen LogP contribution in [0, 0.1) is 5.82 Å². The van der Waals surface area contributed by atoms with Gasteiger partial charge in [0.2, 0.25) is 0 Å². The molecule has 0 saturated carbocycles. The predicted octanol–water partition coefficient (Wildman–Crippen LogP) is 4.01. The number of halogens is 1. The van der Waals surface area contributed by atoms with Crippen LogP contribution in [0.2, 0.25) is 0 Å². The van der Waals surface area contributed by atoms with Gasteiger partial charge in [-0.3, -0.25) is 4.98 Å². The maximum Gasteiger partial charge on any atom is 0.155 e. The van der Waals surface area contributed by atoms with Gasteiger partial charge >= 0.3 is 0 Å². The van der Waals surface area contributed by atoms with Gasteiger partial charge in [0.1, 0.15) is 0 Å². The summed E-state index contributed by atoms with van der Waals surface area (Å²) < 4.78 is 13.8. The topological polar surface area (TPSA) is 16.1 Å². The lowest BCUT2D eigenvalue weighted by molar-refractivity contribution is 0.398. The van der Waals surface area contributed by atoms with Gasteiger partial charge in [-0.15, -0.1) is 11.8 Å². The van der Waals surface area contributed by atoms with Gasteiger partial charge in [-0.25, -0.2) is 4.39 Å². The molecule has 106 valence electrons. The molecule has 0 amide bonds. The van der Waals surface area contributed by atoms with Gasteiger partial charge in [0.15, 0.2) is 5.82 Å². The third-order valence-corrected chi connectivity index (χ3v) is 4.39. The van der Waals surface area contributed by atoms with E-state index in [1.54, 1.807) is 24.0 Å². The molecule has 20 heavy (non-hydrogen) atoms. The Morgan fingerprint density at radius 3 is 2.60 bits per heavy atom. The minimum absolute atomic E-state index is 0.246. The fourth-order valence-corrected chi connectivity index (χ4v) is 3.08. The summed E-state index contributed by atoms with van der Waals surface area (Å²) in [7, 11) is 4.11. The Bertz CT molecular complexity index is 531. The lowest BCUT2D eigenvalue weighted by Crippen LogP contribution is -2.15. The fourth-order valence-electron chi connectivity index (χ4n) is 1.95. The van der Waals surface area contributed by atoms with Crippen LogP contribution in [0.3, 0.4) is 0 Å². The van der Waals surface area contributed by atoms with E-state index in [4.69, 9.17) is 0 Å². The van der Waals surface area contributed by atoms with E-state index < -0.39 is 0 Å². The monoisotopic (exact) mass is 290 g/mol. The Morgan fingerprint density at radius 2 is 1.95 bits per heavy atom. The van der Waals surface area contributed by atoms with Crippen LogP contribution < -0.4 is 0 Å². The van der Waals surface area contributed by atoms with E-state index in [1.807, 2.05) is 18.2 Å². The van der Waals surface area contributed by atoms with Crippen LogP contribution in [0.5, 0.6) is 0 Å². The molecule has 1 heterocycles. The van der Waals surface area contributed by atoms with Crippen LogP contribution in [-0.4, -0.2) is 30.5 Å². The van der Waals surface area contributed by atoms with E-state index in [-0.39, 0.29) is 11.1 Å². The van der Waals surface area contributed by atoms with Crippen molar-refractivity contribution in [2.24, 2.45) is 0 Å². The highest BCUT2D eigenvalue weighted by molar-refractivity contribution is 7.99. The molecule has 4 heteroatoms. The highest BCUT2D eigenvalue weighted by Gasteiger charge is 2.15. The maximum absolute atomic E-state index is 13.8. The number of pyridine rings is 1. The summed E-state index contributed by atoms with van der Waals surface area (Å²) in [4.78, 5) is 6.61. The number of hydrogen-bond donors (Lipinski definition) is 0. The van der Waals surface area contributed by atoms with Gasteiger partial charge in [0.05, 0.1) is 6.20 Å². The maximum atomic E-state index is 13.8. The van der Waals surface area contributed by atoms with E-state index in [1.165, 1.54) is 11.8 Å². The number of hydrogen-bond acceptors (Lipinski definition) is 3. The van der Waals surface area contributed by atoms with Crippen molar-refractivity contribution in [3.63, 3.8) is 0 Å². The van der Waals surface area contributed by atoms with E-state index in [0.29, 0.717) is 4.90 Å². The molecule has 0 aliphatic carbocycles. The minimum Gasteiger partial charge on any atom is -0.309 e. The Morgan fingerprint density at radius 1 is 1.20 bits per heavy atom. The largest absolute Gasteiger partial charge is 0.309 e. The van der Waals surface area contributed by atoms with Crippen LogP contribution in [0.15, 0.2) is 53.7 Å². The van der Waals surface area contributed by atoms with Crippen molar-refractivity contribution in [2.45, 2.75) is 16.6 Å². The SMILES string of the molecule is CN(C)CCC(Sc1ccncc1F)c1ccccc1. The molecule has 1 aromatic heterocycles. The Hall–Kier alpha value is -1.39. The molecule has 2 rings (SSSR count). The van der Waals surface area contributed by atoms with Crippen LogP contribution in [0.4, 0.5) is 4.39 Å². The van der Waals surface area contributed by atoms with Crippen molar-refractivity contribution in [1.29, 1.82) is 0 Å². The molecule has 1 atom stereocenters. The summed E-state index contributed by atoms with van der Waals surface area (Å²) in [5.74, 6) is -0.247. The molecule has 2 nitrogen and oxygen atoms in total. The molecular formula is C16H19FN2S. The molecular weight excluding hydrogens is 271 g/mol. The number of benzene rings is 1. The number of thioether (sulfide) groups is 1. The summed E-state index contributed by atoms with van der Waals surface area (Å²) in [5.41, 5.74) is 1.23.